The summed E-state index contributed by atoms with van der Waals surface area (Å²) in [7, 11) is -4.04. The second-order valence-corrected chi connectivity index (χ2v) is 11.8. The molecule has 0 aliphatic carbocycles. The number of benzene rings is 2. The van der Waals surface area contributed by atoms with Crippen LogP contribution in [-0.4, -0.2) is 8.42 Å². The van der Waals surface area contributed by atoms with Gasteiger partial charge in [0.05, 0.1) is 5.69 Å². The second kappa shape index (κ2) is 8.60. The highest BCUT2D eigenvalue weighted by molar-refractivity contribution is 9.11. The van der Waals surface area contributed by atoms with E-state index < -0.39 is 10.1 Å². The number of hydrogen-bond acceptors (Lipinski definition) is 4. The normalized spacial score (nSPS) is 12.8. The van der Waals surface area contributed by atoms with Gasteiger partial charge in [0.15, 0.2) is 0 Å². The highest BCUT2D eigenvalue weighted by atomic mass is 79.9. The lowest BCUT2D eigenvalue weighted by Crippen LogP contribution is -2.22. The van der Waals surface area contributed by atoms with Crippen molar-refractivity contribution in [3.8, 4) is 5.75 Å². The summed E-state index contributed by atoms with van der Waals surface area (Å²) in [5.74, 6) is 0.358. The summed E-state index contributed by atoms with van der Waals surface area (Å²) < 4.78 is 32.7. The summed E-state index contributed by atoms with van der Waals surface area (Å²) in [5, 5.41) is 0. The Morgan fingerprint density at radius 2 is 1.45 bits per heavy atom. The molecule has 2 rings (SSSR count). The van der Waals surface area contributed by atoms with Crippen molar-refractivity contribution >= 4 is 47.7 Å². The van der Waals surface area contributed by atoms with Crippen molar-refractivity contribution in [3.05, 3.63) is 50.4 Å². The lowest BCUT2D eigenvalue weighted by Gasteiger charge is -2.30. The largest absolute Gasteiger partial charge is 0.397 e. The second-order valence-electron chi connectivity index (χ2n) is 8.52. The van der Waals surface area contributed by atoms with E-state index in [4.69, 9.17) is 9.92 Å². The molecule has 2 N–H and O–H groups in total. The number of nitrogens with two attached hydrogens (primary N) is 1. The quantitative estimate of drug-likeness (QED) is 0.301. The molecule has 160 valence electrons. The molecule has 4 nitrogen and oxygen atoms in total. The van der Waals surface area contributed by atoms with E-state index in [9.17, 15) is 8.42 Å². The van der Waals surface area contributed by atoms with Gasteiger partial charge in [-0.3, -0.25) is 0 Å². The van der Waals surface area contributed by atoms with Crippen LogP contribution in [0.1, 0.15) is 65.5 Å². The zero-order valence-electron chi connectivity index (χ0n) is 17.8. The van der Waals surface area contributed by atoms with Gasteiger partial charge in [0, 0.05) is 14.5 Å². The first-order valence-corrected chi connectivity index (χ1v) is 12.6. The topological polar surface area (TPSA) is 69.4 Å². The van der Waals surface area contributed by atoms with E-state index in [2.05, 4.69) is 79.5 Å². The first kappa shape index (κ1) is 24.2. The molecule has 2 aromatic carbocycles. The average Bonchev–Trinajstić information content (AvgIpc) is 2.65. The molecule has 0 saturated carbocycles. The zero-order chi connectivity index (χ0) is 22.2. The lowest BCUT2D eigenvalue weighted by molar-refractivity contribution is 0.448. The molecule has 0 spiro atoms. The molecule has 0 bridgehead atoms. The molecule has 29 heavy (non-hydrogen) atoms. The van der Waals surface area contributed by atoms with Crippen LogP contribution in [0.2, 0.25) is 0 Å². The Hall–Kier alpha value is -1.05. The third kappa shape index (κ3) is 5.17. The van der Waals surface area contributed by atoms with Crippen LogP contribution in [0.3, 0.4) is 0 Å². The number of rotatable bonds is 7. The van der Waals surface area contributed by atoms with Gasteiger partial charge in [0.2, 0.25) is 0 Å². The Morgan fingerprint density at radius 3 is 1.93 bits per heavy atom. The minimum Gasteiger partial charge on any atom is -0.397 e. The molecular weight excluding hydrogens is 518 g/mol. The number of anilines is 1. The number of nitrogen functional groups attached to an aromatic ring is 1. The van der Waals surface area contributed by atoms with Gasteiger partial charge < -0.3 is 9.92 Å². The van der Waals surface area contributed by atoms with E-state index in [1.54, 1.807) is 6.07 Å². The summed E-state index contributed by atoms with van der Waals surface area (Å²) in [6.07, 6.45) is 1.82. The molecule has 0 heterocycles. The van der Waals surface area contributed by atoms with Crippen LogP contribution < -0.4 is 9.92 Å². The summed E-state index contributed by atoms with van der Waals surface area (Å²) in [4.78, 5) is 0.0312. The fraction of sp³-hybridized carbons (Fsp3) is 0.455. The smallest absolute Gasteiger partial charge is 0.339 e. The predicted octanol–water partition coefficient (Wildman–Crippen LogP) is 6.94. The van der Waals surface area contributed by atoms with Crippen LogP contribution >= 0.6 is 31.9 Å². The standard InChI is InChI=1S/C22H29Br2NO3S/c1-7-21(3,4)14-9-10-19(16(11-14)22(5,6)8-2)28-29(26,27)15-12-17(23)20(25)18(24)13-15/h9-13H,7-8,25H2,1-6H3. The van der Waals surface area contributed by atoms with Gasteiger partial charge in [-0.15, -0.1) is 0 Å². The van der Waals surface area contributed by atoms with Crippen LogP contribution in [0.15, 0.2) is 44.2 Å². The van der Waals surface area contributed by atoms with Crippen molar-refractivity contribution in [2.24, 2.45) is 0 Å². The molecule has 0 aliphatic rings. The van der Waals surface area contributed by atoms with Gasteiger partial charge in [-0.1, -0.05) is 53.7 Å². The van der Waals surface area contributed by atoms with Crippen LogP contribution in [0.5, 0.6) is 5.75 Å². The molecule has 0 unspecified atom stereocenters. The van der Waals surface area contributed by atoms with Gasteiger partial charge in [-0.05, 0) is 79.3 Å². The third-order valence-corrected chi connectivity index (χ3v) is 8.32. The maximum atomic E-state index is 13.0. The molecular formula is C22H29Br2NO3S. The Bertz CT molecular complexity index is 992. The van der Waals surface area contributed by atoms with Gasteiger partial charge in [-0.2, -0.15) is 8.42 Å². The first-order valence-electron chi connectivity index (χ1n) is 9.59. The molecule has 0 fully saturated rings. The highest BCUT2D eigenvalue weighted by Crippen LogP contribution is 2.40. The fourth-order valence-corrected chi connectivity index (χ4v) is 5.31. The van der Waals surface area contributed by atoms with Crippen molar-refractivity contribution in [2.75, 3.05) is 5.73 Å². The molecule has 0 radical (unpaired) electrons. The van der Waals surface area contributed by atoms with Crippen LogP contribution in [0.4, 0.5) is 5.69 Å². The monoisotopic (exact) mass is 545 g/mol. The van der Waals surface area contributed by atoms with Crippen LogP contribution in [0.25, 0.3) is 0 Å². The Balaban J connectivity index is 2.59. The number of hydrogen-bond donors (Lipinski definition) is 1. The number of halogens is 2. The van der Waals surface area contributed by atoms with Gasteiger partial charge >= 0.3 is 10.1 Å². The fourth-order valence-electron chi connectivity index (χ4n) is 2.82. The lowest BCUT2D eigenvalue weighted by atomic mass is 9.76. The van der Waals surface area contributed by atoms with Gasteiger partial charge in [0.25, 0.3) is 0 Å². The molecule has 0 saturated heterocycles. The SMILES string of the molecule is CCC(C)(C)c1ccc(OS(=O)(=O)c2cc(Br)c(N)c(Br)c2)c(C(C)(C)CC)c1. The van der Waals surface area contributed by atoms with Crippen LogP contribution in [-0.2, 0) is 20.9 Å². The van der Waals surface area contributed by atoms with E-state index in [0.29, 0.717) is 20.4 Å². The molecule has 0 amide bonds. The molecule has 0 aliphatic heterocycles. The Kier molecular flexibility index (Phi) is 7.18. The maximum absolute atomic E-state index is 13.0. The van der Waals surface area contributed by atoms with Crippen molar-refractivity contribution in [3.63, 3.8) is 0 Å². The summed E-state index contributed by atoms with van der Waals surface area (Å²) >= 11 is 6.59. The van der Waals surface area contributed by atoms with Crippen molar-refractivity contribution in [2.45, 2.75) is 70.1 Å². The Labute approximate surface area is 191 Å². The summed E-state index contributed by atoms with van der Waals surface area (Å²) in [6, 6.07) is 8.73. The Morgan fingerprint density at radius 1 is 0.931 bits per heavy atom. The maximum Gasteiger partial charge on any atom is 0.339 e. The minimum atomic E-state index is -4.04. The molecule has 2 aromatic rings. The highest BCUT2D eigenvalue weighted by Gasteiger charge is 2.29. The summed E-state index contributed by atoms with van der Waals surface area (Å²) in [5.41, 5.74) is 8.12. The van der Waals surface area contributed by atoms with Crippen molar-refractivity contribution < 1.29 is 12.6 Å². The zero-order valence-corrected chi connectivity index (χ0v) is 21.8. The van der Waals surface area contributed by atoms with Crippen molar-refractivity contribution in [1.29, 1.82) is 0 Å². The van der Waals surface area contributed by atoms with Gasteiger partial charge in [-0.25, -0.2) is 0 Å². The summed E-state index contributed by atoms with van der Waals surface area (Å²) in [6.45, 7) is 12.8. The first-order chi connectivity index (χ1) is 13.2. The van der Waals surface area contributed by atoms with Gasteiger partial charge in [0.1, 0.15) is 10.6 Å². The van der Waals surface area contributed by atoms with E-state index in [1.807, 2.05) is 6.07 Å². The molecule has 7 heteroatoms. The van der Waals surface area contributed by atoms with E-state index in [1.165, 1.54) is 17.7 Å². The van der Waals surface area contributed by atoms with E-state index in [-0.39, 0.29) is 15.7 Å². The minimum absolute atomic E-state index is 0.0112. The van der Waals surface area contributed by atoms with E-state index in [0.717, 1.165) is 18.4 Å². The van der Waals surface area contributed by atoms with Crippen molar-refractivity contribution in [1.82, 2.24) is 0 Å². The third-order valence-electron chi connectivity index (χ3n) is 5.80. The average molecular weight is 547 g/mol. The molecule has 0 aromatic heterocycles. The van der Waals surface area contributed by atoms with Crippen LogP contribution in [0, 0.1) is 0 Å². The van der Waals surface area contributed by atoms with E-state index >= 15 is 0 Å². The predicted molar refractivity (Wildman–Crippen MR) is 127 cm³/mol. The molecule has 0 atom stereocenters.